The smallest absolute Gasteiger partial charge is 0.337 e. The summed E-state index contributed by atoms with van der Waals surface area (Å²) in [4.78, 5) is 11.2. The highest BCUT2D eigenvalue weighted by molar-refractivity contribution is 5.89. The van der Waals surface area contributed by atoms with Crippen LogP contribution in [0.3, 0.4) is 0 Å². The van der Waals surface area contributed by atoms with Crippen LogP contribution in [0.4, 0.5) is 10.1 Å². The maximum absolute atomic E-state index is 13.1. The van der Waals surface area contributed by atoms with Gasteiger partial charge in [-0.3, -0.25) is 0 Å². The van der Waals surface area contributed by atoms with E-state index >= 15 is 0 Å². The lowest BCUT2D eigenvalue weighted by Gasteiger charge is -2.07. The Hall–Kier alpha value is -2.56. The maximum Gasteiger partial charge on any atom is 0.337 e. The standard InChI is InChI=1S/C14H12FNO3/c1-18-14(17)9-2-4-12(5-3-9)19-13-7-10(15)6-11(16)8-13/h2-8H,16H2,1H3. The SMILES string of the molecule is COC(=O)c1ccc(Oc2cc(N)cc(F)c2)cc1. The van der Waals surface area contributed by atoms with Crippen molar-refractivity contribution in [2.75, 3.05) is 12.8 Å². The highest BCUT2D eigenvalue weighted by atomic mass is 19.1. The minimum absolute atomic E-state index is 0.279. The van der Waals surface area contributed by atoms with Crippen LogP contribution in [0, 0.1) is 5.82 Å². The second kappa shape index (κ2) is 5.39. The molecule has 0 aliphatic rings. The lowest BCUT2D eigenvalue weighted by Crippen LogP contribution is -2.00. The van der Waals surface area contributed by atoms with E-state index in [-0.39, 0.29) is 5.69 Å². The molecule has 0 bridgehead atoms. The first-order chi connectivity index (χ1) is 9.08. The van der Waals surface area contributed by atoms with Gasteiger partial charge < -0.3 is 15.2 Å². The largest absolute Gasteiger partial charge is 0.465 e. The number of hydrogen-bond donors (Lipinski definition) is 1. The van der Waals surface area contributed by atoms with Gasteiger partial charge in [0.1, 0.15) is 17.3 Å². The maximum atomic E-state index is 13.1. The molecule has 0 saturated carbocycles. The number of anilines is 1. The number of halogens is 1. The van der Waals surface area contributed by atoms with Crippen LogP contribution in [0.15, 0.2) is 42.5 Å². The van der Waals surface area contributed by atoms with Crippen molar-refractivity contribution in [3.63, 3.8) is 0 Å². The fourth-order valence-electron chi connectivity index (χ4n) is 1.56. The molecule has 0 amide bonds. The van der Waals surface area contributed by atoms with Gasteiger partial charge in [0.15, 0.2) is 0 Å². The first-order valence-corrected chi connectivity index (χ1v) is 5.51. The number of rotatable bonds is 3. The van der Waals surface area contributed by atoms with E-state index in [0.29, 0.717) is 17.1 Å². The molecule has 0 saturated heterocycles. The van der Waals surface area contributed by atoms with E-state index in [1.54, 1.807) is 24.3 Å². The van der Waals surface area contributed by atoms with E-state index in [2.05, 4.69) is 4.74 Å². The van der Waals surface area contributed by atoms with Crippen molar-refractivity contribution in [1.82, 2.24) is 0 Å². The van der Waals surface area contributed by atoms with Crippen molar-refractivity contribution < 1.29 is 18.7 Å². The van der Waals surface area contributed by atoms with Gasteiger partial charge in [-0.05, 0) is 30.3 Å². The molecular weight excluding hydrogens is 249 g/mol. The summed E-state index contributed by atoms with van der Waals surface area (Å²) in [7, 11) is 1.31. The molecule has 0 aliphatic carbocycles. The van der Waals surface area contributed by atoms with Crippen LogP contribution in [0.5, 0.6) is 11.5 Å². The highest BCUT2D eigenvalue weighted by Crippen LogP contribution is 2.24. The van der Waals surface area contributed by atoms with Crippen molar-refractivity contribution >= 4 is 11.7 Å². The monoisotopic (exact) mass is 261 g/mol. The number of carbonyl (C=O) groups is 1. The van der Waals surface area contributed by atoms with E-state index in [1.807, 2.05) is 0 Å². The predicted octanol–water partition coefficient (Wildman–Crippen LogP) is 2.99. The van der Waals surface area contributed by atoms with Gasteiger partial charge in [-0.2, -0.15) is 0 Å². The second-order valence-corrected chi connectivity index (χ2v) is 3.84. The number of esters is 1. The fraction of sp³-hybridized carbons (Fsp3) is 0.0714. The molecule has 2 rings (SSSR count). The van der Waals surface area contributed by atoms with Gasteiger partial charge in [-0.1, -0.05) is 0 Å². The predicted molar refractivity (Wildman–Crippen MR) is 68.7 cm³/mol. The Morgan fingerprint density at radius 2 is 1.79 bits per heavy atom. The lowest BCUT2D eigenvalue weighted by atomic mass is 10.2. The van der Waals surface area contributed by atoms with Crippen molar-refractivity contribution in [2.24, 2.45) is 0 Å². The second-order valence-electron chi connectivity index (χ2n) is 3.84. The summed E-state index contributed by atoms with van der Waals surface area (Å²) >= 11 is 0. The number of nitrogens with two attached hydrogens (primary N) is 1. The molecule has 2 aromatic carbocycles. The first kappa shape index (κ1) is 12.9. The Balaban J connectivity index is 2.17. The molecule has 4 nitrogen and oxygen atoms in total. The minimum atomic E-state index is -0.471. The molecule has 0 unspecified atom stereocenters. The van der Waals surface area contributed by atoms with Crippen molar-refractivity contribution in [2.45, 2.75) is 0 Å². The zero-order valence-corrected chi connectivity index (χ0v) is 10.2. The molecule has 98 valence electrons. The van der Waals surface area contributed by atoms with Gasteiger partial charge in [-0.25, -0.2) is 9.18 Å². The molecule has 2 N–H and O–H groups in total. The molecular formula is C14H12FNO3. The number of benzene rings is 2. The average Bonchev–Trinajstić information content (AvgIpc) is 2.37. The summed E-state index contributed by atoms with van der Waals surface area (Å²) in [5.41, 5.74) is 6.20. The van der Waals surface area contributed by atoms with E-state index < -0.39 is 11.8 Å². The van der Waals surface area contributed by atoms with Crippen LogP contribution in [0.2, 0.25) is 0 Å². The normalized spacial score (nSPS) is 10.0. The third kappa shape index (κ3) is 3.22. The van der Waals surface area contributed by atoms with Crippen LogP contribution in [-0.4, -0.2) is 13.1 Å². The van der Waals surface area contributed by atoms with E-state index in [0.717, 1.165) is 0 Å². The van der Waals surface area contributed by atoms with Crippen molar-refractivity contribution in [3.8, 4) is 11.5 Å². The van der Waals surface area contributed by atoms with Crippen molar-refractivity contribution in [1.29, 1.82) is 0 Å². The van der Waals surface area contributed by atoms with Gasteiger partial charge in [0.25, 0.3) is 0 Å². The summed E-state index contributed by atoms with van der Waals surface area (Å²) in [5.74, 6) is -0.135. The summed E-state index contributed by atoms with van der Waals surface area (Å²) in [5, 5.41) is 0. The Morgan fingerprint density at radius 3 is 2.37 bits per heavy atom. The molecule has 0 spiro atoms. The van der Waals surface area contributed by atoms with Gasteiger partial charge in [0, 0.05) is 17.8 Å². The van der Waals surface area contributed by atoms with E-state index in [1.165, 1.54) is 25.3 Å². The molecule has 0 fully saturated rings. The minimum Gasteiger partial charge on any atom is -0.465 e. The summed E-state index contributed by atoms with van der Waals surface area (Å²) in [6.45, 7) is 0. The average molecular weight is 261 g/mol. The van der Waals surface area contributed by atoms with Crippen LogP contribution in [0.25, 0.3) is 0 Å². The number of methoxy groups -OCH3 is 1. The molecule has 2 aromatic rings. The third-order valence-electron chi connectivity index (χ3n) is 2.40. The van der Waals surface area contributed by atoms with Crippen molar-refractivity contribution in [3.05, 3.63) is 53.8 Å². The zero-order valence-electron chi connectivity index (χ0n) is 10.2. The number of hydrogen-bond acceptors (Lipinski definition) is 4. The number of ether oxygens (including phenoxy) is 2. The zero-order chi connectivity index (χ0) is 13.8. The topological polar surface area (TPSA) is 61.5 Å². The molecule has 5 heteroatoms. The Bertz CT molecular complexity index is 576. The molecule has 0 atom stereocenters. The fourth-order valence-corrected chi connectivity index (χ4v) is 1.56. The third-order valence-corrected chi connectivity index (χ3v) is 2.40. The molecule has 0 aliphatic heterocycles. The number of carbonyl (C=O) groups excluding carboxylic acids is 1. The van der Waals surface area contributed by atoms with Gasteiger partial charge in [-0.15, -0.1) is 0 Å². The first-order valence-electron chi connectivity index (χ1n) is 5.51. The van der Waals surface area contributed by atoms with E-state index in [9.17, 15) is 9.18 Å². The number of nitrogen functional groups attached to an aromatic ring is 1. The molecule has 0 heterocycles. The molecule has 19 heavy (non-hydrogen) atoms. The summed E-state index contributed by atoms with van der Waals surface area (Å²) < 4.78 is 23.1. The Kier molecular flexibility index (Phi) is 3.66. The molecule has 0 radical (unpaired) electrons. The quantitative estimate of drug-likeness (QED) is 0.681. The summed E-state index contributed by atoms with van der Waals surface area (Å²) in [6, 6.07) is 10.2. The van der Waals surface area contributed by atoms with Gasteiger partial charge >= 0.3 is 5.97 Å². The Morgan fingerprint density at radius 1 is 1.11 bits per heavy atom. The van der Waals surface area contributed by atoms with Crippen LogP contribution >= 0.6 is 0 Å². The molecule has 0 aromatic heterocycles. The van der Waals surface area contributed by atoms with Crippen LogP contribution in [-0.2, 0) is 4.74 Å². The van der Waals surface area contributed by atoms with Crippen LogP contribution < -0.4 is 10.5 Å². The highest BCUT2D eigenvalue weighted by Gasteiger charge is 2.06. The van der Waals surface area contributed by atoms with Gasteiger partial charge in [0.05, 0.1) is 12.7 Å². The van der Waals surface area contributed by atoms with Crippen LogP contribution in [0.1, 0.15) is 10.4 Å². The van der Waals surface area contributed by atoms with E-state index in [4.69, 9.17) is 10.5 Å². The van der Waals surface area contributed by atoms with Gasteiger partial charge in [0.2, 0.25) is 0 Å². The Labute approximate surface area is 109 Å². The summed E-state index contributed by atoms with van der Waals surface area (Å²) in [6.07, 6.45) is 0. The lowest BCUT2D eigenvalue weighted by molar-refractivity contribution is 0.0600.